The fourth-order valence-electron chi connectivity index (χ4n) is 3.03. The minimum Gasteiger partial charge on any atom is -0.370 e. The van der Waals surface area contributed by atoms with Gasteiger partial charge in [-0.15, -0.1) is 0 Å². The largest absolute Gasteiger partial charge is 0.370 e. The smallest absolute Gasteiger partial charge is 0.243 e. The quantitative estimate of drug-likeness (QED) is 0.0573. The number of hydrogen-bond donors (Lipinski definition) is 7. The summed E-state index contributed by atoms with van der Waals surface area (Å²) < 4.78 is 14.9. The van der Waals surface area contributed by atoms with Crippen molar-refractivity contribution in [3.05, 3.63) is 0 Å². The molecule has 0 atom stereocenters. The molecule has 0 aromatic heterocycles. The first kappa shape index (κ1) is 34.7. The Morgan fingerprint density at radius 3 is 1.03 bits per heavy atom. The summed E-state index contributed by atoms with van der Waals surface area (Å²) in [5.41, 5.74) is 20.4. The van der Waals surface area contributed by atoms with E-state index in [1.165, 1.54) is 0 Å². The molecule has 11 N–H and O–H groups in total. The highest BCUT2D eigenvalue weighted by molar-refractivity contribution is 5.78. The number of ether oxygens (including phenoxy) is 3. The molecular formula is C22H41N7O9. The maximum atomic E-state index is 12.2. The average Bonchev–Trinajstić information content (AvgIpc) is 2.84. The van der Waals surface area contributed by atoms with E-state index in [-0.39, 0.29) is 116 Å². The van der Waals surface area contributed by atoms with E-state index in [2.05, 4.69) is 16.0 Å². The Hall–Kier alpha value is -3.34. The molecule has 0 aliphatic carbocycles. The minimum atomic E-state index is -1.00. The van der Waals surface area contributed by atoms with Crippen LogP contribution in [0.5, 0.6) is 0 Å². The maximum absolute atomic E-state index is 12.2. The number of nitrogens with one attached hydrogen (secondary N) is 3. The Morgan fingerprint density at radius 1 is 0.526 bits per heavy atom. The van der Waals surface area contributed by atoms with Crippen LogP contribution in [-0.4, -0.2) is 100 Å². The molecule has 6 amide bonds. The fourth-order valence-corrected chi connectivity index (χ4v) is 3.03. The van der Waals surface area contributed by atoms with Crippen molar-refractivity contribution < 1.29 is 43.0 Å². The maximum Gasteiger partial charge on any atom is 0.243 e. The molecule has 16 nitrogen and oxygen atoms in total. The van der Waals surface area contributed by atoms with Crippen LogP contribution in [0, 0.1) is 0 Å². The molecule has 0 heterocycles. The second-order valence-corrected chi connectivity index (χ2v) is 8.47. The van der Waals surface area contributed by atoms with Crippen molar-refractivity contribution >= 4 is 35.4 Å². The van der Waals surface area contributed by atoms with Crippen LogP contribution in [0.1, 0.15) is 38.5 Å². The predicted octanol–water partition coefficient (Wildman–Crippen LogP) is -4.12. The van der Waals surface area contributed by atoms with Crippen LogP contribution in [0.2, 0.25) is 0 Å². The molecule has 0 aliphatic rings. The summed E-state index contributed by atoms with van der Waals surface area (Å²) in [6.07, 6.45) is 0.716. The monoisotopic (exact) mass is 547 g/mol. The first-order chi connectivity index (χ1) is 17.9. The van der Waals surface area contributed by atoms with Gasteiger partial charge < -0.3 is 53.1 Å². The molecule has 0 spiro atoms. The molecule has 38 heavy (non-hydrogen) atoms. The van der Waals surface area contributed by atoms with E-state index in [0.717, 1.165) is 0 Å². The van der Waals surface area contributed by atoms with Crippen LogP contribution in [0.25, 0.3) is 0 Å². The van der Waals surface area contributed by atoms with Crippen molar-refractivity contribution in [3.8, 4) is 0 Å². The highest BCUT2D eigenvalue weighted by Crippen LogP contribution is 2.23. The van der Waals surface area contributed by atoms with E-state index < -0.39 is 23.3 Å². The van der Waals surface area contributed by atoms with E-state index in [9.17, 15) is 28.8 Å². The van der Waals surface area contributed by atoms with E-state index in [1.54, 1.807) is 0 Å². The molecule has 0 saturated heterocycles. The van der Waals surface area contributed by atoms with E-state index in [4.69, 9.17) is 37.1 Å². The molecule has 0 radical (unpaired) electrons. The lowest BCUT2D eigenvalue weighted by Gasteiger charge is -2.29. The lowest BCUT2D eigenvalue weighted by atomic mass is 9.84. The topological polar surface area (TPSA) is 270 Å². The summed E-state index contributed by atoms with van der Waals surface area (Å²) in [4.78, 5) is 68.5. The Balaban J connectivity index is 4.65. The first-order valence-corrected chi connectivity index (χ1v) is 12.1. The van der Waals surface area contributed by atoms with Gasteiger partial charge >= 0.3 is 0 Å². The van der Waals surface area contributed by atoms with Crippen LogP contribution < -0.4 is 38.9 Å². The molecule has 0 rings (SSSR count). The number of carbonyl (C=O) groups is 6. The number of rotatable bonds is 24. The van der Waals surface area contributed by atoms with Gasteiger partial charge in [-0.2, -0.15) is 0 Å². The third-order valence-corrected chi connectivity index (χ3v) is 4.99. The molecule has 0 unspecified atom stereocenters. The highest BCUT2D eigenvalue weighted by atomic mass is 16.5. The minimum absolute atomic E-state index is 0.0392. The Labute approximate surface area is 221 Å². The van der Waals surface area contributed by atoms with Crippen molar-refractivity contribution in [3.63, 3.8) is 0 Å². The zero-order valence-electron chi connectivity index (χ0n) is 21.6. The van der Waals surface area contributed by atoms with Crippen molar-refractivity contribution in [2.24, 2.45) is 22.9 Å². The van der Waals surface area contributed by atoms with E-state index in [0.29, 0.717) is 0 Å². The number of primary amides is 3. The molecule has 0 aromatic rings. The third-order valence-electron chi connectivity index (χ3n) is 4.99. The first-order valence-electron chi connectivity index (χ1n) is 12.1. The number of nitrogens with two attached hydrogens (primary N) is 4. The zero-order valence-corrected chi connectivity index (χ0v) is 21.6. The van der Waals surface area contributed by atoms with Gasteiger partial charge in [0.05, 0.1) is 19.8 Å². The molecule has 0 aliphatic heterocycles. The molecule has 0 fully saturated rings. The van der Waals surface area contributed by atoms with Gasteiger partial charge in [0, 0.05) is 44.4 Å². The van der Waals surface area contributed by atoms with Gasteiger partial charge in [-0.25, -0.2) is 0 Å². The SMILES string of the molecule is NC(=O)COCCNC(=O)CCC(N)(CCC(=O)NCCOCC(N)=O)CCC(=O)NCCOCC(N)=O. The summed E-state index contributed by atoms with van der Waals surface area (Å²) >= 11 is 0. The highest BCUT2D eigenvalue weighted by Gasteiger charge is 2.27. The summed E-state index contributed by atoms with van der Waals surface area (Å²) in [5, 5.41) is 7.89. The summed E-state index contributed by atoms with van der Waals surface area (Å²) in [6.45, 7) is 0.0824. The van der Waals surface area contributed by atoms with Crippen LogP contribution in [0.4, 0.5) is 0 Å². The van der Waals surface area contributed by atoms with Crippen molar-refractivity contribution in [1.82, 2.24) is 16.0 Å². The second-order valence-electron chi connectivity index (χ2n) is 8.47. The van der Waals surface area contributed by atoms with Crippen molar-refractivity contribution in [1.29, 1.82) is 0 Å². The van der Waals surface area contributed by atoms with E-state index >= 15 is 0 Å². The molecule has 0 bridgehead atoms. The lowest BCUT2D eigenvalue weighted by Crippen LogP contribution is -2.44. The van der Waals surface area contributed by atoms with Crippen LogP contribution >= 0.6 is 0 Å². The second kappa shape index (κ2) is 20.7. The van der Waals surface area contributed by atoms with Gasteiger partial charge in [-0.05, 0) is 19.3 Å². The van der Waals surface area contributed by atoms with Gasteiger partial charge in [-0.1, -0.05) is 0 Å². The Bertz CT molecular complexity index is 682. The number of carbonyl (C=O) groups excluding carboxylic acids is 6. The van der Waals surface area contributed by atoms with Gasteiger partial charge in [0.15, 0.2) is 0 Å². The van der Waals surface area contributed by atoms with Crippen LogP contribution in [0.15, 0.2) is 0 Å². The number of hydrogen-bond acceptors (Lipinski definition) is 10. The Kier molecular flexibility index (Phi) is 18.9. The van der Waals surface area contributed by atoms with Gasteiger partial charge in [-0.3, -0.25) is 28.8 Å². The molecule has 218 valence electrons. The predicted molar refractivity (Wildman–Crippen MR) is 134 cm³/mol. The van der Waals surface area contributed by atoms with Gasteiger partial charge in [0.25, 0.3) is 0 Å². The normalized spacial score (nSPS) is 11.0. The molecular weight excluding hydrogens is 506 g/mol. The zero-order chi connectivity index (χ0) is 28.8. The van der Waals surface area contributed by atoms with E-state index in [1.807, 2.05) is 0 Å². The summed E-state index contributed by atoms with van der Waals surface area (Å²) in [5.74, 6) is -2.78. The van der Waals surface area contributed by atoms with Gasteiger partial charge in [0.2, 0.25) is 35.4 Å². The lowest BCUT2D eigenvalue weighted by molar-refractivity contribution is -0.124. The number of amides is 6. The fraction of sp³-hybridized carbons (Fsp3) is 0.727. The average molecular weight is 548 g/mol. The molecule has 0 aromatic carbocycles. The van der Waals surface area contributed by atoms with Crippen molar-refractivity contribution in [2.45, 2.75) is 44.1 Å². The van der Waals surface area contributed by atoms with Gasteiger partial charge in [0.1, 0.15) is 19.8 Å². The summed E-state index contributed by atoms with van der Waals surface area (Å²) in [6, 6.07) is 0. The van der Waals surface area contributed by atoms with Crippen LogP contribution in [0.3, 0.4) is 0 Å². The third kappa shape index (κ3) is 21.9. The van der Waals surface area contributed by atoms with Crippen molar-refractivity contribution in [2.75, 3.05) is 59.3 Å². The molecule has 16 heteroatoms. The Morgan fingerprint density at radius 2 is 0.789 bits per heavy atom. The standard InChI is InChI=1S/C22H41N7O9/c23-16(30)13-36-10-7-27-19(33)1-4-22(26,5-2-20(34)28-8-11-37-14-17(24)31)6-3-21(35)29-9-12-38-15-18(25)32/h1-15,26H2,(H2,23,30)(H2,24,31)(H2,25,32)(H,27,33)(H,28,34)(H,29,35). The van der Waals surface area contributed by atoms with Crippen LogP contribution in [-0.2, 0) is 43.0 Å². The molecule has 0 saturated carbocycles. The summed E-state index contributed by atoms with van der Waals surface area (Å²) in [7, 11) is 0.